The molecule has 1 saturated heterocycles. The summed E-state index contributed by atoms with van der Waals surface area (Å²) in [6, 6.07) is 10.2. The minimum atomic E-state index is -0.986. The first kappa shape index (κ1) is 22.4. The van der Waals surface area contributed by atoms with Gasteiger partial charge in [-0.25, -0.2) is 4.79 Å². The fraction of sp³-hybridized carbons (Fsp3) is 0.375. The van der Waals surface area contributed by atoms with E-state index in [9.17, 15) is 14.4 Å². The van der Waals surface area contributed by atoms with Crippen molar-refractivity contribution in [2.75, 3.05) is 27.9 Å². The van der Waals surface area contributed by atoms with Gasteiger partial charge in [-0.2, -0.15) is 0 Å². The Morgan fingerprint density at radius 3 is 2.48 bits per heavy atom. The number of hydrogen-bond acceptors (Lipinski definition) is 7. The van der Waals surface area contributed by atoms with Crippen LogP contribution in [0.25, 0.3) is 0 Å². The molecule has 33 heavy (non-hydrogen) atoms. The van der Waals surface area contributed by atoms with Crippen LogP contribution in [0.5, 0.6) is 17.2 Å². The highest BCUT2D eigenvalue weighted by Gasteiger charge is 2.47. The van der Waals surface area contributed by atoms with Gasteiger partial charge in [-0.05, 0) is 42.7 Å². The Hall–Kier alpha value is -3.75. The molecule has 9 heteroatoms. The predicted molar refractivity (Wildman–Crippen MR) is 117 cm³/mol. The second-order valence-electron chi connectivity index (χ2n) is 7.77. The smallest absolute Gasteiger partial charge is 0.344 e. The third kappa shape index (κ3) is 4.18. The average Bonchev–Trinajstić information content (AvgIpc) is 3.38. The van der Waals surface area contributed by atoms with E-state index < -0.39 is 18.2 Å². The van der Waals surface area contributed by atoms with Crippen LogP contribution in [-0.2, 0) is 20.7 Å². The molecule has 0 saturated carbocycles. The lowest BCUT2D eigenvalue weighted by Crippen LogP contribution is -2.46. The zero-order valence-electron chi connectivity index (χ0n) is 18.8. The second-order valence-corrected chi connectivity index (χ2v) is 7.77. The summed E-state index contributed by atoms with van der Waals surface area (Å²) in [6.45, 7) is 0.412. The maximum atomic E-state index is 13.0. The molecule has 2 heterocycles. The van der Waals surface area contributed by atoms with Crippen molar-refractivity contribution < 1.29 is 33.3 Å². The Bertz CT molecular complexity index is 1070. The van der Waals surface area contributed by atoms with E-state index in [1.54, 1.807) is 19.2 Å². The molecule has 2 aromatic carbocycles. The number of hydrogen-bond donors (Lipinski definition) is 1. The van der Waals surface area contributed by atoms with E-state index >= 15 is 0 Å². The van der Waals surface area contributed by atoms with Crippen LogP contribution in [0.15, 0.2) is 36.4 Å². The Labute approximate surface area is 191 Å². The monoisotopic (exact) mass is 454 g/mol. The van der Waals surface area contributed by atoms with Gasteiger partial charge in [0, 0.05) is 18.5 Å². The number of carbonyl (C=O) groups is 3. The summed E-state index contributed by atoms with van der Waals surface area (Å²) in [5.74, 6) is 0.252. The van der Waals surface area contributed by atoms with Crippen molar-refractivity contribution in [2.24, 2.45) is 0 Å². The van der Waals surface area contributed by atoms with Crippen molar-refractivity contribution >= 4 is 17.8 Å². The SMILES string of the molecule is COc1ccc(CCNC(=O)[C@H]2CCC(=O)N2[C@H]2OC(=O)c3c2ccc(OC)c3OC)cc1. The predicted octanol–water partition coefficient (Wildman–Crippen LogP) is 2.23. The van der Waals surface area contributed by atoms with Crippen LogP contribution in [-0.4, -0.2) is 56.6 Å². The molecule has 0 radical (unpaired) electrons. The normalized spacial score (nSPS) is 19.2. The fourth-order valence-corrected chi connectivity index (χ4v) is 4.28. The van der Waals surface area contributed by atoms with Crippen molar-refractivity contribution in [1.29, 1.82) is 0 Å². The Morgan fingerprint density at radius 2 is 1.82 bits per heavy atom. The molecular formula is C24H26N2O7. The van der Waals surface area contributed by atoms with Crippen LogP contribution < -0.4 is 19.5 Å². The van der Waals surface area contributed by atoms with Gasteiger partial charge in [0.05, 0.1) is 21.3 Å². The highest BCUT2D eigenvalue weighted by atomic mass is 16.6. The van der Waals surface area contributed by atoms with Gasteiger partial charge in [-0.3, -0.25) is 14.5 Å². The van der Waals surface area contributed by atoms with E-state index in [1.165, 1.54) is 19.1 Å². The van der Waals surface area contributed by atoms with Crippen molar-refractivity contribution in [3.8, 4) is 17.2 Å². The molecular weight excluding hydrogens is 428 g/mol. The van der Waals surface area contributed by atoms with Crippen molar-refractivity contribution in [3.05, 3.63) is 53.1 Å². The van der Waals surface area contributed by atoms with E-state index in [0.29, 0.717) is 30.7 Å². The summed E-state index contributed by atoms with van der Waals surface area (Å²) in [5.41, 5.74) is 1.74. The number of rotatable bonds is 8. The number of likely N-dealkylation sites (tertiary alicyclic amines) is 1. The first-order valence-corrected chi connectivity index (χ1v) is 10.7. The van der Waals surface area contributed by atoms with Crippen molar-refractivity contribution in [2.45, 2.75) is 31.5 Å². The highest BCUT2D eigenvalue weighted by Crippen LogP contribution is 2.45. The summed E-state index contributed by atoms with van der Waals surface area (Å²) >= 11 is 0. The molecule has 2 aliphatic rings. The summed E-state index contributed by atoms with van der Waals surface area (Å²) in [7, 11) is 4.51. The number of carbonyl (C=O) groups excluding carboxylic acids is 3. The number of fused-ring (bicyclic) bond motifs is 1. The quantitative estimate of drug-likeness (QED) is 0.610. The van der Waals surface area contributed by atoms with E-state index in [-0.39, 0.29) is 29.5 Å². The molecule has 4 rings (SSSR count). The first-order chi connectivity index (χ1) is 16.0. The molecule has 2 amide bonds. The maximum Gasteiger partial charge on any atom is 0.344 e. The van der Waals surface area contributed by atoms with Gasteiger partial charge in [-0.15, -0.1) is 0 Å². The number of amides is 2. The zero-order valence-corrected chi connectivity index (χ0v) is 18.8. The molecule has 9 nitrogen and oxygen atoms in total. The lowest BCUT2D eigenvalue weighted by Gasteiger charge is -2.29. The summed E-state index contributed by atoms with van der Waals surface area (Å²) < 4.78 is 21.3. The first-order valence-electron chi connectivity index (χ1n) is 10.7. The van der Waals surface area contributed by atoms with E-state index in [0.717, 1.165) is 11.3 Å². The topological polar surface area (TPSA) is 103 Å². The number of methoxy groups -OCH3 is 3. The third-order valence-corrected chi connectivity index (χ3v) is 5.95. The average molecular weight is 454 g/mol. The molecule has 0 aromatic heterocycles. The molecule has 0 unspecified atom stereocenters. The molecule has 2 aromatic rings. The van der Waals surface area contributed by atoms with Gasteiger partial charge in [-0.1, -0.05) is 12.1 Å². The van der Waals surface area contributed by atoms with Crippen LogP contribution in [0.4, 0.5) is 0 Å². The number of esters is 1. The molecule has 0 bridgehead atoms. The second kappa shape index (κ2) is 9.40. The van der Waals surface area contributed by atoms with Crippen LogP contribution in [0.1, 0.15) is 40.6 Å². The van der Waals surface area contributed by atoms with Crippen LogP contribution in [0, 0.1) is 0 Å². The number of nitrogens with zero attached hydrogens (tertiary/aromatic N) is 1. The van der Waals surface area contributed by atoms with E-state index in [1.807, 2.05) is 24.3 Å². The zero-order chi connectivity index (χ0) is 23.5. The third-order valence-electron chi connectivity index (χ3n) is 5.95. The largest absolute Gasteiger partial charge is 0.497 e. The van der Waals surface area contributed by atoms with Gasteiger partial charge >= 0.3 is 5.97 Å². The summed E-state index contributed by atoms with van der Waals surface area (Å²) in [4.78, 5) is 39.7. The minimum absolute atomic E-state index is 0.202. The van der Waals surface area contributed by atoms with Gasteiger partial charge in [0.15, 0.2) is 11.5 Å². The fourth-order valence-electron chi connectivity index (χ4n) is 4.28. The van der Waals surface area contributed by atoms with Gasteiger partial charge in [0.25, 0.3) is 0 Å². The molecule has 2 aliphatic heterocycles. The highest BCUT2D eigenvalue weighted by molar-refractivity contribution is 5.99. The van der Waals surface area contributed by atoms with Crippen LogP contribution in [0.3, 0.4) is 0 Å². The Kier molecular flexibility index (Phi) is 6.39. The standard InChI is InChI=1S/C24H26N2O7/c1-30-15-6-4-14(5-7-15)12-13-25-22(28)17-9-11-19(27)26(17)23-16-8-10-18(31-2)21(32-3)20(16)24(29)33-23/h4-8,10,17,23H,9,11-13H2,1-3H3,(H,25,28)/t17-,23+/m1/s1. The molecule has 174 valence electrons. The van der Waals surface area contributed by atoms with E-state index in [2.05, 4.69) is 5.32 Å². The Balaban J connectivity index is 1.48. The van der Waals surface area contributed by atoms with Crippen LogP contribution >= 0.6 is 0 Å². The molecule has 1 fully saturated rings. The summed E-state index contributed by atoms with van der Waals surface area (Å²) in [6.07, 6.45) is 0.200. The van der Waals surface area contributed by atoms with Crippen LogP contribution in [0.2, 0.25) is 0 Å². The lowest BCUT2D eigenvalue weighted by atomic mass is 10.0. The lowest BCUT2D eigenvalue weighted by molar-refractivity contribution is -0.145. The maximum absolute atomic E-state index is 13.0. The number of ether oxygens (including phenoxy) is 4. The number of nitrogens with one attached hydrogen (secondary N) is 1. The number of benzene rings is 2. The van der Waals surface area contributed by atoms with E-state index in [4.69, 9.17) is 18.9 Å². The molecule has 2 atom stereocenters. The van der Waals surface area contributed by atoms with Gasteiger partial charge < -0.3 is 24.3 Å². The number of cyclic esters (lactones) is 1. The summed E-state index contributed by atoms with van der Waals surface area (Å²) in [5, 5.41) is 2.90. The van der Waals surface area contributed by atoms with Crippen molar-refractivity contribution in [3.63, 3.8) is 0 Å². The van der Waals surface area contributed by atoms with Crippen molar-refractivity contribution in [1.82, 2.24) is 10.2 Å². The Morgan fingerprint density at radius 1 is 1.06 bits per heavy atom. The van der Waals surface area contributed by atoms with Gasteiger partial charge in [0.1, 0.15) is 17.4 Å². The molecule has 1 N–H and O–H groups in total. The minimum Gasteiger partial charge on any atom is -0.497 e. The van der Waals surface area contributed by atoms with Gasteiger partial charge in [0.2, 0.25) is 18.0 Å². The molecule has 0 aliphatic carbocycles. The molecule has 0 spiro atoms.